The molecule has 1 heterocycles. The Labute approximate surface area is 116 Å². The fourth-order valence-electron chi connectivity index (χ4n) is 2.14. The maximum absolute atomic E-state index is 8.88. The van der Waals surface area contributed by atoms with Crippen LogP contribution in [0.15, 0.2) is 23.4 Å². The summed E-state index contributed by atoms with van der Waals surface area (Å²) in [7, 11) is 0. The largest absolute Gasteiger partial charge is 0.409 e. The molecule has 98 valence electrons. The molecule has 1 aromatic carbocycles. The van der Waals surface area contributed by atoms with Gasteiger partial charge in [-0.15, -0.1) is 0 Å². The van der Waals surface area contributed by atoms with E-state index in [0.29, 0.717) is 16.6 Å². The maximum Gasteiger partial charge on any atom is 0.173 e. The SMILES string of the molecule is CC1CSCCN1c1cccc(Cl)c1C(N)=NO. The summed E-state index contributed by atoms with van der Waals surface area (Å²) in [6, 6.07) is 6.01. The number of rotatable bonds is 2. The van der Waals surface area contributed by atoms with E-state index in [1.165, 1.54) is 0 Å². The van der Waals surface area contributed by atoms with Gasteiger partial charge in [0.15, 0.2) is 5.84 Å². The highest BCUT2D eigenvalue weighted by Gasteiger charge is 2.23. The highest BCUT2D eigenvalue weighted by molar-refractivity contribution is 7.99. The van der Waals surface area contributed by atoms with Crippen LogP contribution in [0.25, 0.3) is 0 Å². The molecule has 1 aliphatic rings. The minimum Gasteiger partial charge on any atom is -0.409 e. The van der Waals surface area contributed by atoms with E-state index in [9.17, 15) is 0 Å². The van der Waals surface area contributed by atoms with E-state index in [1.807, 2.05) is 23.9 Å². The Morgan fingerprint density at radius 1 is 1.61 bits per heavy atom. The molecule has 0 aromatic heterocycles. The molecule has 0 amide bonds. The first kappa shape index (κ1) is 13.4. The van der Waals surface area contributed by atoms with Crippen molar-refractivity contribution >= 4 is 34.9 Å². The number of hydrogen-bond donors (Lipinski definition) is 2. The van der Waals surface area contributed by atoms with Gasteiger partial charge in [-0.3, -0.25) is 0 Å². The van der Waals surface area contributed by atoms with Crippen LogP contribution in [0.1, 0.15) is 12.5 Å². The lowest BCUT2D eigenvalue weighted by molar-refractivity contribution is 0.318. The second-order valence-corrected chi connectivity index (χ2v) is 5.79. The zero-order valence-electron chi connectivity index (χ0n) is 10.1. The molecular formula is C12H16ClN3OS. The van der Waals surface area contributed by atoms with Gasteiger partial charge in [-0.25, -0.2) is 0 Å². The van der Waals surface area contributed by atoms with Crippen LogP contribution in [0.4, 0.5) is 5.69 Å². The number of oxime groups is 1. The van der Waals surface area contributed by atoms with Crippen LogP contribution in [0, 0.1) is 0 Å². The summed E-state index contributed by atoms with van der Waals surface area (Å²) < 4.78 is 0. The molecule has 2 rings (SSSR count). The van der Waals surface area contributed by atoms with E-state index in [0.717, 1.165) is 23.7 Å². The minimum atomic E-state index is 0.0565. The highest BCUT2D eigenvalue weighted by Crippen LogP contribution is 2.31. The molecule has 6 heteroatoms. The van der Waals surface area contributed by atoms with Crippen LogP contribution in [0.5, 0.6) is 0 Å². The second-order valence-electron chi connectivity index (χ2n) is 4.24. The first-order chi connectivity index (χ1) is 8.65. The number of hydrogen-bond acceptors (Lipinski definition) is 4. The predicted molar refractivity (Wildman–Crippen MR) is 78.1 cm³/mol. The lowest BCUT2D eigenvalue weighted by Crippen LogP contribution is -2.41. The smallest absolute Gasteiger partial charge is 0.173 e. The summed E-state index contributed by atoms with van der Waals surface area (Å²) >= 11 is 8.11. The summed E-state index contributed by atoms with van der Waals surface area (Å²) in [5.74, 6) is 2.20. The molecule has 0 aliphatic carbocycles. The van der Waals surface area contributed by atoms with Gasteiger partial charge in [0.2, 0.25) is 0 Å². The quantitative estimate of drug-likeness (QED) is 0.379. The normalized spacial score (nSPS) is 21.1. The molecule has 0 saturated carbocycles. The number of nitrogens with zero attached hydrogens (tertiary/aromatic N) is 2. The van der Waals surface area contributed by atoms with Crippen molar-refractivity contribution in [3.05, 3.63) is 28.8 Å². The van der Waals surface area contributed by atoms with Crippen molar-refractivity contribution < 1.29 is 5.21 Å². The summed E-state index contributed by atoms with van der Waals surface area (Å²) in [5.41, 5.74) is 7.28. The van der Waals surface area contributed by atoms with E-state index >= 15 is 0 Å². The Hall–Kier alpha value is -1.07. The Morgan fingerprint density at radius 2 is 2.39 bits per heavy atom. The van der Waals surface area contributed by atoms with Crippen LogP contribution in [-0.2, 0) is 0 Å². The fourth-order valence-corrected chi connectivity index (χ4v) is 3.42. The molecule has 1 saturated heterocycles. The molecule has 18 heavy (non-hydrogen) atoms. The monoisotopic (exact) mass is 285 g/mol. The maximum atomic E-state index is 8.88. The van der Waals surface area contributed by atoms with E-state index < -0.39 is 0 Å². The Kier molecular flexibility index (Phi) is 4.24. The number of anilines is 1. The first-order valence-corrected chi connectivity index (χ1v) is 7.29. The van der Waals surface area contributed by atoms with E-state index in [2.05, 4.69) is 17.0 Å². The van der Waals surface area contributed by atoms with Gasteiger partial charge >= 0.3 is 0 Å². The molecule has 1 fully saturated rings. The lowest BCUT2D eigenvalue weighted by atomic mass is 10.1. The average Bonchev–Trinajstić information content (AvgIpc) is 2.38. The lowest BCUT2D eigenvalue weighted by Gasteiger charge is -2.36. The van der Waals surface area contributed by atoms with Crippen LogP contribution >= 0.6 is 23.4 Å². The highest BCUT2D eigenvalue weighted by atomic mass is 35.5. The summed E-state index contributed by atoms with van der Waals surface area (Å²) in [5, 5.41) is 12.5. The number of nitrogens with two attached hydrogens (primary N) is 1. The first-order valence-electron chi connectivity index (χ1n) is 5.76. The van der Waals surface area contributed by atoms with Crippen molar-refractivity contribution in [2.75, 3.05) is 23.0 Å². The Bertz CT molecular complexity index is 467. The van der Waals surface area contributed by atoms with Gasteiger partial charge in [0.25, 0.3) is 0 Å². The van der Waals surface area contributed by atoms with Crippen molar-refractivity contribution in [3.8, 4) is 0 Å². The average molecular weight is 286 g/mol. The van der Waals surface area contributed by atoms with Crippen molar-refractivity contribution in [1.29, 1.82) is 0 Å². The van der Waals surface area contributed by atoms with E-state index in [4.69, 9.17) is 22.5 Å². The topological polar surface area (TPSA) is 61.8 Å². The van der Waals surface area contributed by atoms with Gasteiger partial charge in [0, 0.05) is 29.8 Å². The van der Waals surface area contributed by atoms with Gasteiger partial charge in [-0.2, -0.15) is 11.8 Å². The van der Waals surface area contributed by atoms with Crippen LogP contribution in [0.3, 0.4) is 0 Å². The van der Waals surface area contributed by atoms with Crippen LogP contribution in [0.2, 0.25) is 5.02 Å². The van der Waals surface area contributed by atoms with Gasteiger partial charge < -0.3 is 15.8 Å². The van der Waals surface area contributed by atoms with Crippen LogP contribution in [-0.4, -0.2) is 35.1 Å². The summed E-state index contributed by atoms with van der Waals surface area (Å²) in [6.45, 7) is 3.11. The summed E-state index contributed by atoms with van der Waals surface area (Å²) in [4.78, 5) is 2.26. The molecule has 3 N–H and O–H groups in total. The van der Waals surface area contributed by atoms with Gasteiger partial charge in [-0.1, -0.05) is 22.8 Å². The molecule has 0 radical (unpaired) electrons. The van der Waals surface area contributed by atoms with Crippen molar-refractivity contribution in [2.45, 2.75) is 13.0 Å². The second kappa shape index (κ2) is 5.71. The standard InChI is InChI=1S/C12H16ClN3OS/c1-8-7-18-6-5-16(8)10-4-2-3-9(13)11(10)12(14)15-17/h2-4,8,17H,5-7H2,1H3,(H2,14,15). The zero-order chi connectivity index (χ0) is 13.1. The van der Waals surface area contributed by atoms with Crippen molar-refractivity contribution in [1.82, 2.24) is 0 Å². The number of benzene rings is 1. The van der Waals surface area contributed by atoms with Gasteiger partial charge in [0.05, 0.1) is 10.6 Å². The molecule has 0 bridgehead atoms. The number of halogens is 1. The van der Waals surface area contributed by atoms with E-state index in [-0.39, 0.29) is 5.84 Å². The third-order valence-electron chi connectivity index (χ3n) is 3.03. The zero-order valence-corrected chi connectivity index (χ0v) is 11.7. The Morgan fingerprint density at radius 3 is 3.06 bits per heavy atom. The third-order valence-corrected chi connectivity index (χ3v) is 4.54. The van der Waals surface area contributed by atoms with Crippen molar-refractivity contribution in [2.24, 2.45) is 10.9 Å². The molecule has 1 unspecified atom stereocenters. The molecule has 4 nitrogen and oxygen atoms in total. The molecule has 1 atom stereocenters. The van der Waals surface area contributed by atoms with E-state index in [1.54, 1.807) is 6.07 Å². The molecule has 1 aliphatic heterocycles. The van der Waals surface area contributed by atoms with Crippen molar-refractivity contribution in [3.63, 3.8) is 0 Å². The Balaban J connectivity index is 2.46. The molecular weight excluding hydrogens is 270 g/mol. The fraction of sp³-hybridized carbons (Fsp3) is 0.417. The molecule has 1 aromatic rings. The van der Waals surface area contributed by atoms with Gasteiger partial charge in [0.1, 0.15) is 0 Å². The number of thioether (sulfide) groups is 1. The summed E-state index contributed by atoms with van der Waals surface area (Å²) in [6.07, 6.45) is 0. The third kappa shape index (κ3) is 2.52. The molecule has 0 spiro atoms. The minimum absolute atomic E-state index is 0.0565. The predicted octanol–water partition coefficient (Wildman–Crippen LogP) is 2.38. The number of amidine groups is 1. The van der Waals surface area contributed by atoms with Crippen LogP contribution < -0.4 is 10.6 Å². The van der Waals surface area contributed by atoms with Gasteiger partial charge in [-0.05, 0) is 19.1 Å².